The van der Waals surface area contributed by atoms with Gasteiger partial charge in [-0.2, -0.15) is 5.10 Å². The van der Waals surface area contributed by atoms with Crippen LogP contribution < -0.4 is 14.4 Å². The van der Waals surface area contributed by atoms with E-state index in [-0.39, 0.29) is 0 Å². The summed E-state index contributed by atoms with van der Waals surface area (Å²) in [4.78, 5) is 13.1. The molecule has 0 saturated carbocycles. The van der Waals surface area contributed by atoms with Crippen molar-refractivity contribution >= 4 is 27.6 Å². The van der Waals surface area contributed by atoms with Crippen molar-refractivity contribution in [2.24, 2.45) is 0 Å². The number of rotatable bonds is 6. The van der Waals surface area contributed by atoms with Crippen molar-refractivity contribution in [3.05, 3.63) is 66.2 Å². The van der Waals surface area contributed by atoms with Gasteiger partial charge in [0, 0.05) is 43.3 Å². The Balaban J connectivity index is 1.33. The third-order valence-electron chi connectivity index (χ3n) is 6.64. The van der Waals surface area contributed by atoms with Gasteiger partial charge in [-0.05, 0) is 36.9 Å². The predicted molar refractivity (Wildman–Crippen MR) is 138 cm³/mol. The van der Waals surface area contributed by atoms with Gasteiger partial charge in [0.15, 0.2) is 17.3 Å². The Hall–Kier alpha value is -4.04. The Morgan fingerprint density at radius 3 is 2.54 bits per heavy atom. The minimum Gasteiger partial charge on any atom is -0.493 e. The van der Waals surface area contributed by atoms with E-state index in [2.05, 4.69) is 50.2 Å². The van der Waals surface area contributed by atoms with E-state index in [1.54, 1.807) is 7.11 Å². The molecule has 178 valence electrons. The molecule has 1 aliphatic heterocycles. The van der Waals surface area contributed by atoms with Gasteiger partial charge in [0.2, 0.25) is 0 Å². The molecule has 0 unspecified atom stereocenters. The van der Waals surface area contributed by atoms with E-state index in [0.717, 1.165) is 65.2 Å². The summed E-state index contributed by atoms with van der Waals surface area (Å²) in [6.45, 7) is 4.66. The molecule has 8 nitrogen and oxygen atoms in total. The summed E-state index contributed by atoms with van der Waals surface area (Å²) in [6.07, 6.45) is 0. The Labute approximate surface area is 203 Å². The monoisotopic (exact) mass is 468 g/mol. The third kappa shape index (κ3) is 4.17. The van der Waals surface area contributed by atoms with Gasteiger partial charge in [0.1, 0.15) is 12.3 Å². The minimum absolute atomic E-state index is 0.454. The molecule has 0 atom stereocenters. The van der Waals surface area contributed by atoms with Crippen molar-refractivity contribution in [3.8, 4) is 23.0 Å². The average molecular weight is 469 g/mol. The molecule has 0 radical (unpaired) electrons. The molecule has 0 amide bonds. The number of aromatic nitrogens is 4. The van der Waals surface area contributed by atoms with Crippen molar-refractivity contribution in [3.63, 3.8) is 0 Å². The van der Waals surface area contributed by atoms with Crippen molar-refractivity contribution in [1.29, 1.82) is 0 Å². The molecule has 2 N–H and O–H groups in total. The van der Waals surface area contributed by atoms with E-state index < -0.39 is 0 Å². The molecule has 0 bridgehead atoms. The van der Waals surface area contributed by atoms with E-state index >= 15 is 0 Å². The van der Waals surface area contributed by atoms with Crippen LogP contribution in [0.5, 0.6) is 11.5 Å². The van der Waals surface area contributed by atoms with Gasteiger partial charge in [0.25, 0.3) is 0 Å². The van der Waals surface area contributed by atoms with Crippen molar-refractivity contribution in [1.82, 2.24) is 25.1 Å². The Morgan fingerprint density at radius 2 is 1.74 bits per heavy atom. The summed E-state index contributed by atoms with van der Waals surface area (Å²) in [5, 5.41) is 8.61. The summed E-state index contributed by atoms with van der Waals surface area (Å²) < 4.78 is 11.7. The molecule has 3 heterocycles. The first-order valence-electron chi connectivity index (χ1n) is 11.8. The molecule has 6 rings (SSSR count). The van der Waals surface area contributed by atoms with E-state index in [9.17, 15) is 0 Å². The Bertz CT molecular complexity index is 1470. The van der Waals surface area contributed by atoms with Crippen LogP contribution >= 0.6 is 0 Å². The van der Waals surface area contributed by atoms with Gasteiger partial charge in [0.05, 0.1) is 23.7 Å². The number of nitrogens with zero attached hydrogens (tertiary/aromatic N) is 4. The van der Waals surface area contributed by atoms with E-state index in [4.69, 9.17) is 14.5 Å². The molecule has 1 saturated heterocycles. The number of hydrogen-bond donors (Lipinski definition) is 2. The first-order valence-corrected chi connectivity index (χ1v) is 11.8. The lowest BCUT2D eigenvalue weighted by molar-refractivity contribution is 0.285. The van der Waals surface area contributed by atoms with Crippen LogP contribution in [-0.2, 0) is 6.61 Å². The zero-order valence-corrected chi connectivity index (χ0v) is 19.9. The minimum atomic E-state index is 0.454. The number of imidazole rings is 1. The van der Waals surface area contributed by atoms with Crippen LogP contribution in [0.15, 0.2) is 60.7 Å². The zero-order valence-electron chi connectivity index (χ0n) is 19.9. The van der Waals surface area contributed by atoms with Crippen LogP contribution in [0.3, 0.4) is 0 Å². The van der Waals surface area contributed by atoms with Crippen LogP contribution in [0.1, 0.15) is 5.56 Å². The molecule has 1 aliphatic rings. The average Bonchev–Trinajstić information content (AvgIpc) is 3.51. The number of benzene rings is 3. The van der Waals surface area contributed by atoms with Crippen LogP contribution in [0.25, 0.3) is 33.5 Å². The standard InChI is InChI=1S/C27H28N6O2/c1-32-10-12-33(13-11-32)19-8-9-21-23(14-19)29-27(28-21)26-20-15-25(24(34-2)16-22(20)30-31-26)35-17-18-6-4-3-5-7-18/h3-9,14-16H,10-13,17H2,1-2H3,(H,28,29)(H,30,31). The second kappa shape index (κ2) is 8.96. The van der Waals surface area contributed by atoms with Gasteiger partial charge in [-0.25, -0.2) is 4.98 Å². The van der Waals surface area contributed by atoms with Gasteiger partial charge in [-0.15, -0.1) is 0 Å². The number of piperazine rings is 1. The highest BCUT2D eigenvalue weighted by Crippen LogP contribution is 2.36. The largest absolute Gasteiger partial charge is 0.493 e. The fraction of sp³-hybridized carbons (Fsp3) is 0.259. The highest BCUT2D eigenvalue weighted by molar-refractivity contribution is 5.95. The Morgan fingerprint density at radius 1 is 0.914 bits per heavy atom. The van der Waals surface area contributed by atoms with Crippen LogP contribution in [-0.4, -0.2) is 65.4 Å². The van der Waals surface area contributed by atoms with Crippen LogP contribution in [0.2, 0.25) is 0 Å². The number of ether oxygens (including phenoxy) is 2. The molecular formula is C27H28N6O2. The van der Waals surface area contributed by atoms with Gasteiger partial charge in [-0.1, -0.05) is 30.3 Å². The smallest absolute Gasteiger partial charge is 0.162 e. The number of anilines is 1. The number of likely N-dealkylation sites (N-methyl/N-ethyl adjacent to an activating group) is 1. The predicted octanol–water partition coefficient (Wildman–Crippen LogP) is 4.45. The Kier molecular flexibility index (Phi) is 5.50. The second-order valence-electron chi connectivity index (χ2n) is 8.97. The number of methoxy groups -OCH3 is 1. The molecule has 1 fully saturated rings. The fourth-order valence-corrected chi connectivity index (χ4v) is 4.58. The molecule has 0 spiro atoms. The summed E-state index contributed by atoms with van der Waals surface area (Å²) in [5.41, 5.74) is 5.85. The number of nitrogens with one attached hydrogen (secondary N) is 2. The summed E-state index contributed by atoms with van der Waals surface area (Å²) in [6, 6.07) is 20.4. The first kappa shape index (κ1) is 21.5. The van der Waals surface area contributed by atoms with E-state index in [1.807, 2.05) is 42.5 Å². The summed E-state index contributed by atoms with van der Waals surface area (Å²) in [7, 11) is 3.81. The molecule has 8 heteroatoms. The number of fused-ring (bicyclic) bond motifs is 2. The lowest BCUT2D eigenvalue weighted by Crippen LogP contribution is -2.44. The number of aromatic amines is 2. The molecule has 3 aromatic carbocycles. The maximum atomic E-state index is 6.13. The third-order valence-corrected chi connectivity index (χ3v) is 6.64. The SMILES string of the molecule is COc1cc2[nH]nc(-c3nc4ccc(N5CCN(C)CC5)cc4[nH]3)c2cc1OCc1ccccc1. The number of H-pyrrole nitrogens is 2. The topological polar surface area (TPSA) is 82.3 Å². The van der Waals surface area contributed by atoms with Gasteiger partial charge < -0.3 is 24.3 Å². The molecule has 5 aromatic rings. The molecule has 0 aliphatic carbocycles. The highest BCUT2D eigenvalue weighted by atomic mass is 16.5. The lowest BCUT2D eigenvalue weighted by Gasteiger charge is -2.34. The van der Waals surface area contributed by atoms with Crippen molar-refractivity contribution in [2.45, 2.75) is 6.61 Å². The quantitative estimate of drug-likeness (QED) is 0.383. The summed E-state index contributed by atoms with van der Waals surface area (Å²) in [5.74, 6) is 2.05. The van der Waals surface area contributed by atoms with Crippen LogP contribution in [0, 0.1) is 0 Å². The zero-order chi connectivity index (χ0) is 23.8. The second-order valence-corrected chi connectivity index (χ2v) is 8.97. The maximum Gasteiger partial charge on any atom is 0.162 e. The van der Waals surface area contributed by atoms with Gasteiger partial charge >= 0.3 is 0 Å². The molecule has 2 aromatic heterocycles. The van der Waals surface area contributed by atoms with Crippen LogP contribution in [0.4, 0.5) is 5.69 Å². The molecule has 35 heavy (non-hydrogen) atoms. The lowest BCUT2D eigenvalue weighted by atomic mass is 10.1. The molecular weight excluding hydrogens is 440 g/mol. The first-order chi connectivity index (χ1) is 17.2. The van der Waals surface area contributed by atoms with Gasteiger partial charge in [-0.3, -0.25) is 5.10 Å². The van der Waals surface area contributed by atoms with E-state index in [1.165, 1.54) is 5.69 Å². The summed E-state index contributed by atoms with van der Waals surface area (Å²) >= 11 is 0. The highest BCUT2D eigenvalue weighted by Gasteiger charge is 2.18. The number of hydrogen-bond acceptors (Lipinski definition) is 6. The van der Waals surface area contributed by atoms with Crippen molar-refractivity contribution in [2.75, 3.05) is 45.2 Å². The fourth-order valence-electron chi connectivity index (χ4n) is 4.58. The van der Waals surface area contributed by atoms with Crippen molar-refractivity contribution < 1.29 is 9.47 Å². The maximum absolute atomic E-state index is 6.13. The normalized spacial score (nSPS) is 14.6. The van der Waals surface area contributed by atoms with E-state index in [0.29, 0.717) is 18.1 Å².